The van der Waals surface area contributed by atoms with E-state index >= 15 is 0 Å². The molecule has 0 aliphatic carbocycles. The monoisotopic (exact) mass is 310 g/mol. The summed E-state index contributed by atoms with van der Waals surface area (Å²) in [6.45, 7) is 6.10. The molecule has 21 heavy (non-hydrogen) atoms. The van der Waals surface area contributed by atoms with Gasteiger partial charge in [0.05, 0.1) is 6.04 Å². The normalized spacial score (nSPS) is 23.9. The maximum Gasteiger partial charge on any atom is 0.241 e. The molecule has 1 aromatic carbocycles. The summed E-state index contributed by atoms with van der Waals surface area (Å²) in [7, 11) is 0. The van der Waals surface area contributed by atoms with Crippen LogP contribution in [0.1, 0.15) is 32.5 Å². The van der Waals surface area contributed by atoms with E-state index in [1.807, 2.05) is 38.0 Å². The Morgan fingerprint density at radius 1 is 1.38 bits per heavy atom. The number of halogens is 1. The van der Waals surface area contributed by atoms with Gasteiger partial charge in [-0.3, -0.25) is 10.1 Å². The van der Waals surface area contributed by atoms with E-state index in [-0.39, 0.29) is 35.9 Å². The van der Waals surface area contributed by atoms with Crippen molar-refractivity contribution >= 4 is 17.7 Å². The first kappa shape index (κ1) is 16.3. The van der Waals surface area contributed by atoms with Gasteiger partial charge in [0.2, 0.25) is 5.91 Å². The maximum absolute atomic E-state index is 13.5. The number of amides is 1. The van der Waals surface area contributed by atoms with E-state index in [2.05, 4.69) is 5.32 Å². The number of nitrogens with zero attached hydrogens (tertiary/aromatic N) is 1. The molecule has 0 bridgehead atoms. The summed E-state index contributed by atoms with van der Waals surface area (Å²) in [5.74, 6) is 0.914. The first-order valence-electron chi connectivity index (χ1n) is 7.28. The lowest BCUT2D eigenvalue weighted by atomic mass is 10.0. The number of carbonyl (C=O) groups is 1. The van der Waals surface area contributed by atoms with Crippen LogP contribution in [-0.4, -0.2) is 34.9 Å². The average molecular weight is 310 g/mol. The lowest BCUT2D eigenvalue weighted by Crippen LogP contribution is -2.40. The standard InChI is InChI=1S/C16H23FN2OS/c1-10(2)14-16(20)19(11(3)9-21-4)15(18-14)12-6-5-7-13(17)8-12/h5-8,10-11,14-15,18H,9H2,1-4H3. The third-order valence-corrected chi connectivity index (χ3v) is 4.67. The number of benzene rings is 1. The van der Waals surface area contributed by atoms with Gasteiger partial charge in [0.15, 0.2) is 0 Å². The Labute approximate surface area is 130 Å². The fraction of sp³-hybridized carbons (Fsp3) is 0.562. The molecule has 1 N–H and O–H groups in total. The van der Waals surface area contributed by atoms with Crippen molar-refractivity contribution < 1.29 is 9.18 Å². The minimum atomic E-state index is -0.271. The second kappa shape index (κ2) is 6.79. The molecule has 5 heteroatoms. The van der Waals surface area contributed by atoms with E-state index in [9.17, 15) is 9.18 Å². The van der Waals surface area contributed by atoms with Crippen molar-refractivity contribution in [3.63, 3.8) is 0 Å². The molecule has 116 valence electrons. The first-order valence-corrected chi connectivity index (χ1v) is 8.67. The van der Waals surface area contributed by atoms with Crippen molar-refractivity contribution in [2.45, 2.75) is 39.0 Å². The fourth-order valence-corrected chi connectivity index (χ4v) is 3.46. The van der Waals surface area contributed by atoms with Gasteiger partial charge < -0.3 is 4.90 Å². The summed E-state index contributed by atoms with van der Waals surface area (Å²) in [4.78, 5) is 14.6. The third kappa shape index (κ3) is 3.40. The molecule has 3 nitrogen and oxygen atoms in total. The van der Waals surface area contributed by atoms with Crippen molar-refractivity contribution in [1.29, 1.82) is 0 Å². The van der Waals surface area contributed by atoms with E-state index in [0.29, 0.717) is 0 Å². The Bertz CT molecular complexity index is 509. The zero-order valence-electron chi connectivity index (χ0n) is 13.0. The molecule has 2 rings (SSSR count). The summed E-state index contributed by atoms with van der Waals surface area (Å²) in [5.41, 5.74) is 0.805. The van der Waals surface area contributed by atoms with Gasteiger partial charge in [0, 0.05) is 11.8 Å². The molecule has 0 saturated carbocycles. The summed E-state index contributed by atoms with van der Waals surface area (Å²) < 4.78 is 13.5. The highest BCUT2D eigenvalue weighted by Gasteiger charge is 2.42. The van der Waals surface area contributed by atoms with Gasteiger partial charge in [-0.25, -0.2) is 4.39 Å². The average Bonchev–Trinajstić information content (AvgIpc) is 2.77. The second-order valence-electron chi connectivity index (χ2n) is 5.90. The molecule has 1 aliphatic heterocycles. The Hall–Kier alpha value is -1.07. The highest BCUT2D eigenvalue weighted by molar-refractivity contribution is 7.98. The molecule has 1 aliphatic rings. The van der Waals surface area contributed by atoms with Crippen molar-refractivity contribution in [3.8, 4) is 0 Å². The molecule has 0 spiro atoms. The van der Waals surface area contributed by atoms with Crippen LogP contribution in [0.15, 0.2) is 24.3 Å². The van der Waals surface area contributed by atoms with Gasteiger partial charge in [-0.05, 0) is 36.8 Å². The van der Waals surface area contributed by atoms with Crippen LogP contribution in [0.2, 0.25) is 0 Å². The number of hydrogen-bond acceptors (Lipinski definition) is 3. The molecule has 0 radical (unpaired) electrons. The molecular formula is C16H23FN2OS. The van der Waals surface area contributed by atoms with Gasteiger partial charge in [-0.1, -0.05) is 26.0 Å². The van der Waals surface area contributed by atoms with Crippen LogP contribution in [-0.2, 0) is 4.79 Å². The highest BCUT2D eigenvalue weighted by atomic mass is 32.2. The minimum Gasteiger partial charge on any atom is -0.318 e. The Morgan fingerprint density at radius 3 is 2.67 bits per heavy atom. The molecule has 1 heterocycles. The quantitative estimate of drug-likeness (QED) is 0.907. The largest absolute Gasteiger partial charge is 0.318 e. The van der Waals surface area contributed by atoms with E-state index in [4.69, 9.17) is 0 Å². The van der Waals surface area contributed by atoms with Crippen molar-refractivity contribution in [3.05, 3.63) is 35.6 Å². The van der Waals surface area contributed by atoms with Crippen LogP contribution < -0.4 is 5.32 Å². The topological polar surface area (TPSA) is 32.3 Å². The van der Waals surface area contributed by atoms with Gasteiger partial charge in [0.1, 0.15) is 12.0 Å². The van der Waals surface area contributed by atoms with Crippen LogP contribution >= 0.6 is 11.8 Å². The van der Waals surface area contributed by atoms with Gasteiger partial charge in [0.25, 0.3) is 0 Å². The van der Waals surface area contributed by atoms with Gasteiger partial charge >= 0.3 is 0 Å². The Morgan fingerprint density at radius 2 is 2.10 bits per heavy atom. The smallest absolute Gasteiger partial charge is 0.241 e. The summed E-state index contributed by atoms with van der Waals surface area (Å²) in [5, 5.41) is 3.37. The summed E-state index contributed by atoms with van der Waals surface area (Å²) in [6.07, 6.45) is 1.78. The van der Waals surface area contributed by atoms with Crippen LogP contribution in [0.5, 0.6) is 0 Å². The van der Waals surface area contributed by atoms with E-state index in [1.165, 1.54) is 12.1 Å². The first-order chi connectivity index (χ1) is 9.95. The number of nitrogens with one attached hydrogen (secondary N) is 1. The minimum absolute atomic E-state index is 0.108. The summed E-state index contributed by atoms with van der Waals surface area (Å²) >= 11 is 1.71. The van der Waals surface area contributed by atoms with Crippen LogP contribution in [0.25, 0.3) is 0 Å². The number of carbonyl (C=O) groups excluding carboxylic acids is 1. The SMILES string of the molecule is CSCC(C)N1C(=O)C(C(C)C)NC1c1cccc(F)c1. The maximum atomic E-state index is 13.5. The van der Waals surface area contributed by atoms with Gasteiger partial charge in [-0.2, -0.15) is 11.8 Å². The van der Waals surface area contributed by atoms with Crippen molar-refractivity contribution in [2.75, 3.05) is 12.0 Å². The van der Waals surface area contributed by atoms with Crippen molar-refractivity contribution in [1.82, 2.24) is 10.2 Å². The Kier molecular flexibility index (Phi) is 5.27. The molecule has 3 atom stereocenters. The van der Waals surface area contributed by atoms with Crippen LogP contribution in [0.3, 0.4) is 0 Å². The molecule has 1 saturated heterocycles. The predicted molar refractivity (Wildman–Crippen MR) is 85.6 cm³/mol. The molecular weight excluding hydrogens is 287 g/mol. The number of hydrogen-bond donors (Lipinski definition) is 1. The molecule has 1 amide bonds. The zero-order chi connectivity index (χ0) is 15.6. The van der Waals surface area contributed by atoms with E-state index in [1.54, 1.807) is 17.8 Å². The van der Waals surface area contributed by atoms with E-state index in [0.717, 1.165) is 11.3 Å². The Balaban J connectivity index is 2.34. The fourth-order valence-electron chi connectivity index (χ4n) is 2.81. The molecule has 3 unspecified atom stereocenters. The van der Waals surface area contributed by atoms with Crippen LogP contribution in [0.4, 0.5) is 4.39 Å². The summed E-state index contributed by atoms with van der Waals surface area (Å²) in [6, 6.07) is 6.40. The van der Waals surface area contributed by atoms with Crippen molar-refractivity contribution in [2.24, 2.45) is 5.92 Å². The third-order valence-electron chi connectivity index (χ3n) is 3.85. The molecule has 1 fully saturated rings. The number of rotatable bonds is 5. The van der Waals surface area contributed by atoms with E-state index < -0.39 is 0 Å². The van der Waals surface area contributed by atoms with Crippen LogP contribution in [0, 0.1) is 11.7 Å². The lowest BCUT2D eigenvalue weighted by Gasteiger charge is -2.30. The second-order valence-corrected chi connectivity index (χ2v) is 6.81. The lowest BCUT2D eigenvalue weighted by molar-refractivity contribution is -0.132. The molecule has 1 aromatic rings. The molecule has 0 aromatic heterocycles. The number of thioether (sulfide) groups is 1. The highest BCUT2D eigenvalue weighted by Crippen LogP contribution is 2.31. The van der Waals surface area contributed by atoms with Gasteiger partial charge in [-0.15, -0.1) is 0 Å². The zero-order valence-corrected chi connectivity index (χ0v) is 13.8. The predicted octanol–water partition coefficient (Wildman–Crippen LogP) is 3.03.